The molecule has 0 aliphatic heterocycles. The predicted molar refractivity (Wildman–Crippen MR) is 69.6 cm³/mol. The zero-order valence-corrected chi connectivity index (χ0v) is 10.9. The van der Waals surface area contributed by atoms with Crippen molar-refractivity contribution < 1.29 is 0 Å². The Labute approximate surface area is 90.3 Å². The van der Waals surface area contributed by atoms with Gasteiger partial charge in [0.25, 0.3) is 0 Å². The predicted octanol–water partition coefficient (Wildman–Crippen LogP) is 4.66. The van der Waals surface area contributed by atoms with E-state index in [2.05, 4.69) is 0 Å². The van der Waals surface area contributed by atoms with Crippen molar-refractivity contribution in [2.45, 2.75) is 48.5 Å². The highest BCUT2D eigenvalue weighted by molar-refractivity contribution is 5.38. The minimum atomic E-state index is 0.829. The van der Waals surface area contributed by atoms with Crippen LogP contribution in [0.15, 0.2) is 24.3 Å². The average molecular weight is 197 g/mol. The van der Waals surface area contributed by atoms with E-state index in [1.165, 1.54) is 5.56 Å². The minimum Gasteiger partial charge on any atom is -0.399 e. The van der Waals surface area contributed by atoms with Gasteiger partial charge in [0.1, 0.15) is 0 Å². The number of nitrogens with two attached hydrogens (primary N) is 1. The standard InChI is InChI=1S/C7H9N.3C2H6/c1-6-2-4-7(8)5-3-6;3*1-2/h2-5H,8H2,1H3;3*1-2H3. The summed E-state index contributed by atoms with van der Waals surface area (Å²) in [7, 11) is 0. The Bertz CT molecular complexity index is 144. The Balaban J connectivity index is -0.000000174. The Morgan fingerprint density at radius 2 is 1.00 bits per heavy atom. The van der Waals surface area contributed by atoms with Gasteiger partial charge in [0.15, 0.2) is 0 Å². The van der Waals surface area contributed by atoms with Gasteiger partial charge in [-0.1, -0.05) is 59.2 Å². The summed E-state index contributed by atoms with van der Waals surface area (Å²) in [6.45, 7) is 14.0. The molecule has 0 saturated heterocycles. The van der Waals surface area contributed by atoms with Crippen molar-refractivity contribution >= 4 is 5.69 Å². The molecule has 0 saturated carbocycles. The SMILES string of the molecule is CC.CC.CC.Cc1ccc(N)cc1. The summed E-state index contributed by atoms with van der Waals surface area (Å²) in [6, 6.07) is 7.79. The van der Waals surface area contributed by atoms with Crippen LogP contribution in [0.4, 0.5) is 5.69 Å². The van der Waals surface area contributed by atoms with E-state index in [-0.39, 0.29) is 0 Å². The Kier molecular flexibility index (Phi) is 24.0. The van der Waals surface area contributed by atoms with E-state index in [0.717, 1.165) is 5.69 Å². The topological polar surface area (TPSA) is 26.0 Å². The zero-order valence-electron chi connectivity index (χ0n) is 10.9. The van der Waals surface area contributed by atoms with Gasteiger partial charge in [-0.3, -0.25) is 0 Å². The first-order chi connectivity index (χ1) is 6.79. The van der Waals surface area contributed by atoms with Gasteiger partial charge in [-0.25, -0.2) is 0 Å². The van der Waals surface area contributed by atoms with Gasteiger partial charge in [-0.15, -0.1) is 0 Å². The molecular formula is C13H27N. The van der Waals surface area contributed by atoms with Crippen LogP contribution in [0, 0.1) is 6.92 Å². The van der Waals surface area contributed by atoms with E-state index >= 15 is 0 Å². The monoisotopic (exact) mass is 197 g/mol. The third-order valence-electron chi connectivity index (χ3n) is 1.08. The molecule has 0 aliphatic carbocycles. The van der Waals surface area contributed by atoms with Gasteiger partial charge in [0.2, 0.25) is 0 Å². The van der Waals surface area contributed by atoms with E-state index in [4.69, 9.17) is 5.73 Å². The number of benzene rings is 1. The lowest BCUT2D eigenvalue weighted by atomic mass is 10.2. The molecule has 1 rings (SSSR count). The smallest absolute Gasteiger partial charge is 0.0314 e. The van der Waals surface area contributed by atoms with Crippen molar-refractivity contribution in [3.63, 3.8) is 0 Å². The molecule has 0 amide bonds. The molecule has 0 spiro atoms. The molecule has 0 heterocycles. The first-order valence-corrected chi connectivity index (χ1v) is 5.61. The second-order valence-electron chi connectivity index (χ2n) is 1.91. The number of rotatable bonds is 0. The van der Waals surface area contributed by atoms with Crippen LogP contribution < -0.4 is 5.73 Å². The van der Waals surface area contributed by atoms with Crippen molar-refractivity contribution in [2.75, 3.05) is 5.73 Å². The van der Waals surface area contributed by atoms with Gasteiger partial charge in [-0.05, 0) is 19.1 Å². The van der Waals surface area contributed by atoms with Crippen LogP contribution in [0.3, 0.4) is 0 Å². The van der Waals surface area contributed by atoms with Gasteiger partial charge >= 0.3 is 0 Å². The Morgan fingerprint density at radius 3 is 1.21 bits per heavy atom. The van der Waals surface area contributed by atoms with Gasteiger partial charge < -0.3 is 5.73 Å². The average Bonchev–Trinajstić information content (AvgIpc) is 2.31. The molecule has 1 nitrogen and oxygen atoms in total. The van der Waals surface area contributed by atoms with Crippen molar-refractivity contribution in [3.8, 4) is 0 Å². The van der Waals surface area contributed by atoms with Crippen LogP contribution in [-0.4, -0.2) is 0 Å². The summed E-state index contributed by atoms with van der Waals surface area (Å²) < 4.78 is 0. The lowest BCUT2D eigenvalue weighted by molar-refractivity contribution is 1.47. The lowest BCUT2D eigenvalue weighted by Gasteiger charge is -1.90. The molecule has 0 atom stereocenters. The molecule has 14 heavy (non-hydrogen) atoms. The van der Waals surface area contributed by atoms with Crippen molar-refractivity contribution in [2.24, 2.45) is 0 Å². The first kappa shape index (κ1) is 18.7. The second-order valence-corrected chi connectivity index (χ2v) is 1.91. The molecule has 0 aromatic heterocycles. The summed E-state index contributed by atoms with van der Waals surface area (Å²) in [5.74, 6) is 0. The van der Waals surface area contributed by atoms with E-state index in [0.29, 0.717) is 0 Å². The maximum atomic E-state index is 5.43. The van der Waals surface area contributed by atoms with Crippen LogP contribution in [0.2, 0.25) is 0 Å². The van der Waals surface area contributed by atoms with Crippen molar-refractivity contribution in [1.29, 1.82) is 0 Å². The summed E-state index contributed by atoms with van der Waals surface area (Å²) in [5, 5.41) is 0. The molecule has 0 bridgehead atoms. The molecule has 2 N–H and O–H groups in total. The third kappa shape index (κ3) is 13.6. The molecule has 1 heteroatoms. The van der Waals surface area contributed by atoms with Crippen LogP contribution in [0.5, 0.6) is 0 Å². The number of hydrogen-bond donors (Lipinski definition) is 1. The van der Waals surface area contributed by atoms with Crippen LogP contribution in [0.1, 0.15) is 47.1 Å². The summed E-state index contributed by atoms with van der Waals surface area (Å²) in [6.07, 6.45) is 0. The normalized spacial score (nSPS) is 6.50. The molecular weight excluding hydrogens is 170 g/mol. The van der Waals surface area contributed by atoms with Crippen LogP contribution >= 0.6 is 0 Å². The molecule has 84 valence electrons. The van der Waals surface area contributed by atoms with Crippen molar-refractivity contribution in [3.05, 3.63) is 29.8 Å². The quantitative estimate of drug-likeness (QED) is 0.602. The maximum Gasteiger partial charge on any atom is 0.0314 e. The van der Waals surface area contributed by atoms with Crippen LogP contribution in [-0.2, 0) is 0 Å². The van der Waals surface area contributed by atoms with E-state index in [9.17, 15) is 0 Å². The fourth-order valence-electron chi connectivity index (χ4n) is 0.566. The number of anilines is 1. The second kappa shape index (κ2) is 17.9. The fourth-order valence-corrected chi connectivity index (χ4v) is 0.566. The lowest BCUT2D eigenvalue weighted by Crippen LogP contribution is -1.81. The maximum absolute atomic E-state index is 5.43. The van der Waals surface area contributed by atoms with E-state index in [1.54, 1.807) is 0 Å². The highest BCUT2D eigenvalue weighted by Crippen LogP contribution is 2.02. The highest BCUT2D eigenvalue weighted by Gasteiger charge is 1.80. The van der Waals surface area contributed by atoms with Gasteiger partial charge in [0.05, 0.1) is 0 Å². The largest absolute Gasteiger partial charge is 0.399 e. The number of aryl methyl sites for hydroxylation is 1. The molecule has 1 aromatic rings. The Morgan fingerprint density at radius 1 is 0.714 bits per heavy atom. The number of nitrogen functional groups attached to an aromatic ring is 1. The minimum absolute atomic E-state index is 0.829. The fraction of sp³-hybridized carbons (Fsp3) is 0.538. The number of hydrogen-bond acceptors (Lipinski definition) is 1. The van der Waals surface area contributed by atoms with Gasteiger partial charge in [-0.2, -0.15) is 0 Å². The molecule has 1 aromatic carbocycles. The Hall–Kier alpha value is -0.980. The summed E-state index contributed by atoms with van der Waals surface area (Å²) in [4.78, 5) is 0. The third-order valence-corrected chi connectivity index (χ3v) is 1.08. The van der Waals surface area contributed by atoms with Crippen molar-refractivity contribution in [1.82, 2.24) is 0 Å². The van der Waals surface area contributed by atoms with E-state index < -0.39 is 0 Å². The van der Waals surface area contributed by atoms with E-state index in [1.807, 2.05) is 72.7 Å². The molecule has 0 aliphatic rings. The van der Waals surface area contributed by atoms with Gasteiger partial charge in [0, 0.05) is 5.69 Å². The van der Waals surface area contributed by atoms with Crippen LogP contribution in [0.25, 0.3) is 0 Å². The molecule has 0 unspecified atom stereocenters. The molecule has 0 radical (unpaired) electrons. The summed E-state index contributed by atoms with van der Waals surface area (Å²) in [5.41, 5.74) is 7.51. The highest BCUT2D eigenvalue weighted by atomic mass is 14.5. The molecule has 0 fully saturated rings. The first-order valence-electron chi connectivity index (χ1n) is 5.61. The summed E-state index contributed by atoms with van der Waals surface area (Å²) >= 11 is 0. The zero-order chi connectivity index (χ0) is 12.0.